The average Bonchev–Trinajstić information content (AvgIpc) is 3.00. The lowest BCUT2D eigenvalue weighted by atomic mass is 10.3. The molecule has 0 unspecified atom stereocenters. The van der Waals surface area contributed by atoms with E-state index in [1.54, 1.807) is 25.5 Å². The van der Waals surface area contributed by atoms with Crippen molar-refractivity contribution in [3.8, 4) is 11.5 Å². The predicted octanol–water partition coefficient (Wildman–Crippen LogP) is 2.82. The molecule has 2 rings (SSSR count). The summed E-state index contributed by atoms with van der Waals surface area (Å²) in [6.45, 7) is 3.93. The lowest BCUT2D eigenvalue weighted by Gasteiger charge is -2.12. The molecular formula is C16H23IN4O2S. The Balaban J connectivity index is 0.00000288. The summed E-state index contributed by atoms with van der Waals surface area (Å²) in [6, 6.07) is 7.53. The van der Waals surface area contributed by atoms with Crippen molar-refractivity contribution in [2.75, 3.05) is 27.3 Å². The average molecular weight is 462 g/mol. The third kappa shape index (κ3) is 6.52. The van der Waals surface area contributed by atoms with Crippen molar-refractivity contribution in [3.63, 3.8) is 0 Å². The third-order valence-corrected chi connectivity index (χ3v) is 4.14. The van der Waals surface area contributed by atoms with Gasteiger partial charge in [-0.3, -0.25) is 4.99 Å². The van der Waals surface area contributed by atoms with Gasteiger partial charge in [-0.15, -0.1) is 35.3 Å². The first-order chi connectivity index (χ1) is 11.2. The van der Waals surface area contributed by atoms with Crippen molar-refractivity contribution in [1.82, 2.24) is 15.6 Å². The summed E-state index contributed by atoms with van der Waals surface area (Å²) < 4.78 is 10.8. The van der Waals surface area contributed by atoms with Crippen LogP contribution in [0.4, 0.5) is 0 Å². The quantitative estimate of drug-likeness (QED) is 0.287. The predicted molar refractivity (Wildman–Crippen MR) is 109 cm³/mol. The number of hydrogen-bond donors (Lipinski definition) is 2. The summed E-state index contributed by atoms with van der Waals surface area (Å²) in [6.07, 6.45) is 0. The van der Waals surface area contributed by atoms with Gasteiger partial charge in [-0.25, -0.2) is 4.98 Å². The molecule has 0 fully saturated rings. The Hall–Kier alpha value is -1.55. The number of aryl methyl sites for hydroxylation is 1. The molecule has 8 heteroatoms. The standard InChI is InChI=1S/C16H22N4O2S.HI/c1-12-15(23-11-20-12)10-19-16(17-2)18-8-9-22-14-6-4-13(21-3)5-7-14;/h4-7,11H,8-10H2,1-3H3,(H2,17,18,19);1H. The lowest BCUT2D eigenvalue weighted by Crippen LogP contribution is -2.38. The second-order valence-electron chi connectivity index (χ2n) is 4.74. The van der Waals surface area contributed by atoms with Gasteiger partial charge in [-0.1, -0.05) is 0 Å². The summed E-state index contributed by atoms with van der Waals surface area (Å²) in [4.78, 5) is 9.63. The maximum Gasteiger partial charge on any atom is 0.191 e. The van der Waals surface area contributed by atoms with Gasteiger partial charge < -0.3 is 20.1 Å². The maximum atomic E-state index is 5.66. The van der Waals surface area contributed by atoms with Crippen LogP contribution < -0.4 is 20.1 Å². The van der Waals surface area contributed by atoms with Gasteiger partial charge in [-0.2, -0.15) is 0 Å². The first-order valence-electron chi connectivity index (χ1n) is 7.33. The summed E-state index contributed by atoms with van der Waals surface area (Å²) in [5.74, 6) is 2.38. The molecule has 0 radical (unpaired) electrons. The second-order valence-corrected chi connectivity index (χ2v) is 5.68. The monoisotopic (exact) mass is 462 g/mol. The smallest absolute Gasteiger partial charge is 0.191 e. The zero-order valence-electron chi connectivity index (χ0n) is 14.0. The molecule has 24 heavy (non-hydrogen) atoms. The molecule has 2 aromatic rings. The fourth-order valence-corrected chi connectivity index (χ4v) is 2.61. The van der Waals surface area contributed by atoms with Crippen LogP contribution in [-0.2, 0) is 6.54 Å². The highest BCUT2D eigenvalue weighted by molar-refractivity contribution is 14.0. The van der Waals surface area contributed by atoms with Crippen LogP contribution in [0.2, 0.25) is 0 Å². The second kappa shape index (κ2) is 11.1. The summed E-state index contributed by atoms with van der Waals surface area (Å²) in [5, 5.41) is 6.48. The molecule has 0 spiro atoms. The van der Waals surface area contributed by atoms with Crippen LogP contribution in [0.25, 0.3) is 0 Å². The largest absolute Gasteiger partial charge is 0.497 e. The molecule has 132 valence electrons. The highest BCUT2D eigenvalue weighted by atomic mass is 127. The number of hydrogen-bond acceptors (Lipinski definition) is 5. The molecule has 0 saturated heterocycles. The zero-order valence-corrected chi connectivity index (χ0v) is 17.2. The fourth-order valence-electron chi connectivity index (χ4n) is 1.89. The molecule has 1 heterocycles. The number of ether oxygens (including phenoxy) is 2. The number of benzene rings is 1. The minimum Gasteiger partial charge on any atom is -0.497 e. The van der Waals surface area contributed by atoms with E-state index >= 15 is 0 Å². The molecule has 0 amide bonds. The SMILES string of the molecule is CN=C(NCCOc1ccc(OC)cc1)NCc1scnc1C.I. The number of nitrogens with one attached hydrogen (secondary N) is 2. The molecule has 0 bridgehead atoms. The van der Waals surface area contributed by atoms with E-state index < -0.39 is 0 Å². The van der Waals surface area contributed by atoms with Crippen LogP contribution in [0.15, 0.2) is 34.8 Å². The molecule has 0 aliphatic heterocycles. The summed E-state index contributed by atoms with van der Waals surface area (Å²) in [5.41, 5.74) is 2.91. The number of thiazole rings is 1. The van der Waals surface area contributed by atoms with Crippen molar-refractivity contribution < 1.29 is 9.47 Å². The number of rotatable bonds is 7. The number of aliphatic imine (C=N–C) groups is 1. The molecule has 1 aromatic carbocycles. The third-order valence-electron chi connectivity index (χ3n) is 3.21. The van der Waals surface area contributed by atoms with Crippen LogP contribution in [0.5, 0.6) is 11.5 Å². The van der Waals surface area contributed by atoms with E-state index in [0.717, 1.165) is 29.7 Å². The first-order valence-corrected chi connectivity index (χ1v) is 8.21. The Morgan fingerprint density at radius 2 is 1.92 bits per heavy atom. The van der Waals surface area contributed by atoms with Gasteiger partial charge in [0.25, 0.3) is 0 Å². The molecular weight excluding hydrogens is 439 g/mol. The summed E-state index contributed by atoms with van der Waals surface area (Å²) in [7, 11) is 3.39. The number of guanidine groups is 1. The maximum absolute atomic E-state index is 5.66. The topological polar surface area (TPSA) is 67.8 Å². The van der Waals surface area contributed by atoms with Crippen molar-refractivity contribution in [3.05, 3.63) is 40.3 Å². The fraction of sp³-hybridized carbons (Fsp3) is 0.375. The highest BCUT2D eigenvalue weighted by Crippen LogP contribution is 2.16. The van der Waals surface area contributed by atoms with Crippen LogP contribution in [0, 0.1) is 6.92 Å². The van der Waals surface area contributed by atoms with Gasteiger partial charge in [0.1, 0.15) is 18.1 Å². The number of aromatic nitrogens is 1. The zero-order chi connectivity index (χ0) is 16.5. The molecule has 2 N–H and O–H groups in total. The highest BCUT2D eigenvalue weighted by Gasteiger charge is 2.03. The van der Waals surface area contributed by atoms with Gasteiger partial charge in [0.2, 0.25) is 0 Å². The van der Waals surface area contributed by atoms with Crippen molar-refractivity contribution >= 4 is 41.3 Å². The molecule has 0 aliphatic rings. The lowest BCUT2D eigenvalue weighted by molar-refractivity contribution is 0.321. The molecule has 1 aromatic heterocycles. The molecule has 6 nitrogen and oxygen atoms in total. The first kappa shape index (κ1) is 20.5. The Morgan fingerprint density at radius 3 is 2.50 bits per heavy atom. The molecule has 0 atom stereocenters. The molecule has 0 aliphatic carbocycles. The van der Waals surface area contributed by atoms with Crippen molar-refractivity contribution in [2.24, 2.45) is 4.99 Å². The minimum atomic E-state index is 0. The van der Waals surface area contributed by atoms with Gasteiger partial charge >= 0.3 is 0 Å². The van der Waals surface area contributed by atoms with Crippen LogP contribution in [-0.4, -0.2) is 38.3 Å². The Morgan fingerprint density at radius 1 is 1.21 bits per heavy atom. The van der Waals surface area contributed by atoms with Gasteiger partial charge in [-0.05, 0) is 31.2 Å². The summed E-state index contributed by atoms with van der Waals surface area (Å²) >= 11 is 1.64. The van der Waals surface area contributed by atoms with E-state index in [9.17, 15) is 0 Å². The van der Waals surface area contributed by atoms with E-state index in [1.807, 2.05) is 36.7 Å². The van der Waals surface area contributed by atoms with Crippen LogP contribution >= 0.6 is 35.3 Å². The van der Waals surface area contributed by atoms with Crippen molar-refractivity contribution in [1.29, 1.82) is 0 Å². The Kier molecular flexibility index (Phi) is 9.46. The van der Waals surface area contributed by atoms with Crippen molar-refractivity contribution in [2.45, 2.75) is 13.5 Å². The van der Waals surface area contributed by atoms with Crippen LogP contribution in [0.1, 0.15) is 10.6 Å². The minimum absolute atomic E-state index is 0. The number of nitrogens with zero attached hydrogens (tertiary/aromatic N) is 2. The van der Waals surface area contributed by atoms with Crippen LogP contribution in [0.3, 0.4) is 0 Å². The van der Waals surface area contributed by atoms with Gasteiger partial charge in [0, 0.05) is 11.9 Å². The molecule has 0 saturated carbocycles. The Labute approximate surface area is 163 Å². The number of halogens is 1. The van der Waals surface area contributed by atoms with E-state index in [1.165, 1.54) is 4.88 Å². The Bertz CT molecular complexity index is 631. The van der Waals surface area contributed by atoms with E-state index in [4.69, 9.17) is 9.47 Å². The van der Waals surface area contributed by atoms with E-state index in [2.05, 4.69) is 20.6 Å². The van der Waals surface area contributed by atoms with E-state index in [-0.39, 0.29) is 24.0 Å². The van der Waals surface area contributed by atoms with Gasteiger partial charge in [0.05, 0.1) is 31.4 Å². The van der Waals surface area contributed by atoms with Gasteiger partial charge in [0.15, 0.2) is 5.96 Å². The van der Waals surface area contributed by atoms with E-state index in [0.29, 0.717) is 13.2 Å². The normalized spacial score (nSPS) is 10.7. The number of methoxy groups -OCH3 is 1.